The molecule has 0 atom stereocenters. The van der Waals surface area contributed by atoms with Gasteiger partial charge >= 0.3 is 0 Å². The predicted molar refractivity (Wildman–Crippen MR) is 133 cm³/mol. The van der Waals surface area contributed by atoms with Crippen molar-refractivity contribution in [3.05, 3.63) is 108 Å². The van der Waals surface area contributed by atoms with Crippen LogP contribution in [0.1, 0.15) is 11.1 Å². The Kier molecular flexibility index (Phi) is 5.19. The molecule has 0 aliphatic carbocycles. The van der Waals surface area contributed by atoms with Crippen LogP contribution in [-0.4, -0.2) is 20.0 Å². The average Bonchev–Trinajstić information content (AvgIpc) is 3.21. The van der Waals surface area contributed by atoms with E-state index in [2.05, 4.69) is 44.2 Å². The molecule has 1 aromatic heterocycles. The fraction of sp³-hybridized carbons (Fsp3) is 0.0690. The van der Waals surface area contributed by atoms with E-state index in [4.69, 9.17) is 5.10 Å². The standard InChI is InChI=1S/C29H24N2O2/c1-19-8-17-26(20(2)18-19)31-29(23-11-15-25(33)16-12-23)27(21-6-4-3-5-7-21)28(30-31)22-9-13-24(32)14-10-22/h3-18,32-33H,1-2H3. The van der Waals surface area contributed by atoms with Gasteiger partial charge in [0.15, 0.2) is 0 Å². The molecule has 5 rings (SSSR count). The second-order valence-corrected chi connectivity index (χ2v) is 8.23. The third kappa shape index (κ3) is 3.87. The van der Waals surface area contributed by atoms with E-state index in [0.717, 1.165) is 44.9 Å². The zero-order chi connectivity index (χ0) is 22.9. The minimum absolute atomic E-state index is 0.215. The highest BCUT2D eigenvalue weighted by Gasteiger charge is 2.23. The number of aromatic hydroxyl groups is 2. The van der Waals surface area contributed by atoms with Gasteiger partial charge in [0.1, 0.15) is 17.2 Å². The second kappa shape index (κ2) is 8.32. The summed E-state index contributed by atoms with van der Waals surface area (Å²) in [5.74, 6) is 0.434. The van der Waals surface area contributed by atoms with Crippen LogP contribution in [0.15, 0.2) is 97.1 Å². The van der Waals surface area contributed by atoms with E-state index in [1.165, 1.54) is 5.56 Å². The number of nitrogens with zero attached hydrogens (tertiary/aromatic N) is 2. The molecule has 0 amide bonds. The van der Waals surface area contributed by atoms with Crippen molar-refractivity contribution in [3.8, 4) is 50.8 Å². The molecule has 4 nitrogen and oxygen atoms in total. The van der Waals surface area contributed by atoms with Crippen LogP contribution in [0.25, 0.3) is 39.3 Å². The van der Waals surface area contributed by atoms with Gasteiger partial charge in [0.05, 0.1) is 11.4 Å². The molecule has 4 aromatic carbocycles. The molecule has 0 saturated carbocycles. The van der Waals surface area contributed by atoms with Crippen LogP contribution in [0.2, 0.25) is 0 Å². The number of rotatable bonds is 4. The molecule has 0 fully saturated rings. The Morgan fingerprint density at radius 2 is 1.24 bits per heavy atom. The van der Waals surface area contributed by atoms with Crippen molar-refractivity contribution < 1.29 is 10.2 Å². The summed E-state index contributed by atoms with van der Waals surface area (Å²) in [7, 11) is 0. The Hall–Kier alpha value is -4.31. The van der Waals surface area contributed by atoms with Crippen LogP contribution < -0.4 is 0 Å². The smallest absolute Gasteiger partial charge is 0.115 e. The van der Waals surface area contributed by atoms with Crippen molar-refractivity contribution in [2.24, 2.45) is 0 Å². The van der Waals surface area contributed by atoms with Crippen molar-refractivity contribution in [3.63, 3.8) is 0 Å². The lowest BCUT2D eigenvalue weighted by Gasteiger charge is -2.13. The van der Waals surface area contributed by atoms with E-state index in [9.17, 15) is 10.2 Å². The fourth-order valence-electron chi connectivity index (χ4n) is 4.22. The van der Waals surface area contributed by atoms with Gasteiger partial charge in [-0.1, -0.05) is 48.0 Å². The highest BCUT2D eigenvalue weighted by atomic mass is 16.3. The number of aryl methyl sites for hydroxylation is 2. The highest BCUT2D eigenvalue weighted by Crippen LogP contribution is 2.42. The maximum atomic E-state index is 9.91. The minimum Gasteiger partial charge on any atom is -0.508 e. The van der Waals surface area contributed by atoms with Gasteiger partial charge in [-0.05, 0) is 79.6 Å². The zero-order valence-electron chi connectivity index (χ0n) is 18.5. The molecule has 1 heterocycles. The van der Waals surface area contributed by atoms with E-state index in [1.54, 1.807) is 24.3 Å². The number of benzene rings is 4. The molecule has 0 radical (unpaired) electrons. The van der Waals surface area contributed by atoms with Gasteiger partial charge in [0.2, 0.25) is 0 Å². The van der Waals surface area contributed by atoms with E-state index in [1.807, 2.05) is 47.1 Å². The van der Waals surface area contributed by atoms with Crippen LogP contribution in [0.5, 0.6) is 11.5 Å². The minimum atomic E-state index is 0.215. The molecule has 0 saturated heterocycles. The van der Waals surface area contributed by atoms with Crippen molar-refractivity contribution in [1.82, 2.24) is 9.78 Å². The molecular formula is C29H24N2O2. The topological polar surface area (TPSA) is 58.3 Å². The van der Waals surface area contributed by atoms with Gasteiger partial charge in [-0.25, -0.2) is 4.68 Å². The molecule has 2 N–H and O–H groups in total. The normalized spacial score (nSPS) is 11.0. The number of phenolic OH excluding ortho intramolecular Hbond substituents is 2. The molecule has 0 unspecified atom stereocenters. The van der Waals surface area contributed by atoms with E-state index in [-0.39, 0.29) is 11.5 Å². The van der Waals surface area contributed by atoms with Crippen LogP contribution in [0, 0.1) is 13.8 Å². The molecular weight excluding hydrogens is 408 g/mol. The first-order valence-electron chi connectivity index (χ1n) is 10.9. The molecule has 162 valence electrons. The summed E-state index contributed by atoms with van der Waals surface area (Å²) in [6.07, 6.45) is 0. The largest absolute Gasteiger partial charge is 0.508 e. The maximum Gasteiger partial charge on any atom is 0.115 e. The van der Waals surface area contributed by atoms with Crippen LogP contribution in [0.4, 0.5) is 0 Å². The van der Waals surface area contributed by atoms with Gasteiger partial charge < -0.3 is 10.2 Å². The van der Waals surface area contributed by atoms with Crippen molar-refractivity contribution in [1.29, 1.82) is 0 Å². The van der Waals surface area contributed by atoms with Gasteiger partial charge in [-0.3, -0.25) is 0 Å². The lowest BCUT2D eigenvalue weighted by atomic mass is 9.95. The van der Waals surface area contributed by atoms with Gasteiger partial charge in [0, 0.05) is 16.7 Å². The Bertz CT molecular complexity index is 1420. The summed E-state index contributed by atoms with van der Waals surface area (Å²) in [4.78, 5) is 0. The average molecular weight is 433 g/mol. The Morgan fingerprint density at radius 3 is 1.85 bits per heavy atom. The van der Waals surface area contributed by atoms with Crippen LogP contribution >= 0.6 is 0 Å². The Morgan fingerprint density at radius 1 is 0.636 bits per heavy atom. The van der Waals surface area contributed by atoms with E-state index >= 15 is 0 Å². The van der Waals surface area contributed by atoms with Crippen molar-refractivity contribution >= 4 is 0 Å². The highest BCUT2D eigenvalue weighted by molar-refractivity contribution is 5.92. The molecule has 0 aliphatic rings. The predicted octanol–water partition coefficient (Wildman–Crippen LogP) is 6.90. The van der Waals surface area contributed by atoms with Crippen molar-refractivity contribution in [2.45, 2.75) is 13.8 Å². The second-order valence-electron chi connectivity index (χ2n) is 8.23. The SMILES string of the molecule is Cc1ccc(-n2nc(-c3ccc(O)cc3)c(-c3ccccc3)c2-c2ccc(O)cc2)c(C)c1. The lowest BCUT2D eigenvalue weighted by molar-refractivity contribution is 0.475. The first-order chi connectivity index (χ1) is 16.0. The molecule has 5 aromatic rings. The zero-order valence-corrected chi connectivity index (χ0v) is 18.5. The summed E-state index contributed by atoms with van der Waals surface area (Å²) < 4.78 is 1.99. The quantitative estimate of drug-likeness (QED) is 0.325. The van der Waals surface area contributed by atoms with E-state index in [0.29, 0.717) is 0 Å². The monoisotopic (exact) mass is 432 g/mol. The Labute approximate surface area is 193 Å². The molecule has 4 heteroatoms. The van der Waals surface area contributed by atoms with Gasteiger partial charge in [-0.2, -0.15) is 5.10 Å². The van der Waals surface area contributed by atoms with Gasteiger partial charge in [-0.15, -0.1) is 0 Å². The number of hydrogen-bond acceptors (Lipinski definition) is 3. The molecule has 33 heavy (non-hydrogen) atoms. The summed E-state index contributed by atoms with van der Waals surface area (Å²) in [6.45, 7) is 4.17. The number of phenols is 2. The summed E-state index contributed by atoms with van der Waals surface area (Å²) in [6, 6.07) is 30.9. The first kappa shape index (κ1) is 20.6. The summed E-state index contributed by atoms with van der Waals surface area (Å²) >= 11 is 0. The fourth-order valence-corrected chi connectivity index (χ4v) is 4.22. The summed E-state index contributed by atoms with van der Waals surface area (Å²) in [5, 5.41) is 24.9. The third-order valence-electron chi connectivity index (χ3n) is 5.81. The van der Waals surface area contributed by atoms with Gasteiger partial charge in [0.25, 0.3) is 0 Å². The third-order valence-corrected chi connectivity index (χ3v) is 5.81. The van der Waals surface area contributed by atoms with Crippen molar-refractivity contribution in [2.75, 3.05) is 0 Å². The van der Waals surface area contributed by atoms with Crippen LogP contribution in [-0.2, 0) is 0 Å². The maximum absolute atomic E-state index is 9.91. The lowest BCUT2D eigenvalue weighted by Crippen LogP contribution is -2.02. The summed E-state index contributed by atoms with van der Waals surface area (Å²) in [5.41, 5.74) is 8.96. The first-order valence-corrected chi connectivity index (χ1v) is 10.9. The number of aromatic nitrogens is 2. The van der Waals surface area contributed by atoms with Crippen LogP contribution in [0.3, 0.4) is 0 Å². The Balaban J connectivity index is 1.89. The van der Waals surface area contributed by atoms with E-state index < -0.39 is 0 Å². The molecule has 0 aliphatic heterocycles. The number of hydrogen-bond donors (Lipinski definition) is 2. The molecule has 0 bridgehead atoms. The molecule has 0 spiro atoms.